The molecule has 25 heavy (non-hydrogen) atoms. The van der Waals surface area contributed by atoms with Crippen LogP contribution in [0.1, 0.15) is 48.9 Å². The quantitative estimate of drug-likeness (QED) is 0.793. The van der Waals surface area contributed by atoms with Gasteiger partial charge in [-0.2, -0.15) is 5.10 Å². The Balaban J connectivity index is 1.55. The SMILES string of the molecule is Cn1ncc(C(=O)NCCC[C@@H]2CCCC[C@@H]2O)c1-c1ccccc1. The number of aliphatic hydroxyl groups excluding tert-OH is 1. The van der Waals surface area contributed by atoms with Crippen molar-refractivity contribution in [3.05, 3.63) is 42.1 Å². The molecule has 1 aromatic heterocycles. The molecular weight excluding hydrogens is 314 g/mol. The molecule has 0 radical (unpaired) electrons. The van der Waals surface area contributed by atoms with Crippen LogP contribution in [0.2, 0.25) is 0 Å². The average Bonchev–Trinajstić information content (AvgIpc) is 3.02. The molecule has 1 aromatic carbocycles. The maximum atomic E-state index is 12.6. The lowest BCUT2D eigenvalue weighted by molar-refractivity contribution is 0.0641. The molecule has 0 aliphatic heterocycles. The zero-order valence-electron chi connectivity index (χ0n) is 14.8. The van der Waals surface area contributed by atoms with E-state index in [4.69, 9.17) is 0 Å². The number of rotatable bonds is 6. The lowest BCUT2D eigenvalue weighted by atomic mass is 9.83. The van der Waals surface area contributed by atoms with Crippen LogP contribution in [0.3, 0.4) is 0 Å². The monoisotopic (exact) mass is 341 g/mol. The van der Waals surface area contributed by atoms with Gasteiger partial charge in [-0.25, -0.2) is 0 Å². The molecule has 1 aliphatic rings. The van der Waals surface area contributed by atoms with Gasteiger partial charge in [-0.15, -0.1) is 0 Å². The smallest absolute Gasteiger partial charge is 0.255 e. The first-order chi connectivity index (χ1) is 12.2. The molecule has 0 bridgehead atoms. The number of amides is 1. The van der Waals surface area contributed by atoms with E-state index in [-0.39, 0.29) is 12.0 Å². The molecule has 0 unspecified atom stereocenters. The van der Waals surface area contributed by atoms with Gasteiger partial charge in [0.15, 0.2) is 0 Å². The second kappa shape index (κ2) is 8.30. The molecule has 1 saturated carbocycles. The Kier molecular flexibility index (Phi) is 5.87. The predicted octanol–water partition coefficient (Wildman–Crippen LogP) is 3.15. The number of aromatic nitrogens is 2. The molecule has 2 aromatic rings. The minimum absolute atomic E-state index is 0.0869. The van der Waals surface area contributed by atoms with Crippen molar-refractivity contribution in [3.8, 4) is 11.3 Å². The first-order valence-electron chi connectivity index (χ1n) is 9.20. The van der Waals surface area contributed by atoms with Crippen molar-refractivity contribution in [2.24, 2.45) is 13.0 Å². The molecule has 1 fully saturated rings. The highest BCUT2D eigenvalue weighted by Gasteiger charge is 2.22. The van der Waals surface area contributed by atoms with E-state index in [9.17, 15) is 9.90 Å². The van der Waals surface area contributed by atoms with Gasteiger partial charge in [0, 0.05) is 19.2 Å². The highest BCUT2D eigenvalue weighted by Crippen LogP contribution is 2.27. The van der Waals surface area contributed by atoms with Crippen LogP contribution in [0, 0.1) is 5.92 Å². The largest absolute Gasteiger partial charge is 0.393 e. The van der Waals surface area contributed by atoms with Crippen LogP contribution in [-0.4, -0.2) is 33.4 Å². The van der Waals surface area contributed by atoms with Crippen molar-refractivity contribution in [3.63, 3.8) is 0 Å². The number of aliphatic hydroxyl groups is 1. The minimum atomic E-state index is -0.160. The second-order valence-corrected chi connectivity index (χ2v) is 6.91. The van der Waals surface area contributed by atoms with E-state index < -0.39 is 0 Å². The maximum absolute atomic E-state index is 12.6. The summed E-state index contributed by atoms with van der Waals surface area (Å²) in [5.74, 6) is 0.306. The fraction of sp³-hybridized carbons (Fsp3) is 0.500. The highest BCUT2D eigenvalue weighted by molar-refractivity contribution is 5.99. The van der Waals surface area contributed by atoms with Crippen LogP contribution < -0.4 is 5.32 Å². The summed E-state index contributed by atoms with van der Waals surface area (Å²) in [6, 6.07) is 9.84. The second-order valence-electron chi connectivity index (χ2n) is 6.91. The molecule has 0 saturated heterocycles. The molecule has 3 rings (SSSR count). The Morgan fingerprint density at radius 2 is 2.04 bits per heavy atom. The third-order valence-corrected chi connectivity index (χ3v) is 5.14. The van der Waals surface area contributed by atoms with Crippen LogP contribution in [0.4, 0.5) is 0 Å². The van der Waals surface area contributed by atoms with Crippen LogP contribution in [0.25, 0.3) is 11.3 Å². The van der Waals surface area contributed by atoms with Crippen molar-refractivity contribution in [2.75, 3.05) is 6.54 Å². The van der Waals surface area contributed by atoms with E-state index in [0.29, 0.717) is 18.0 Å². The van der Waals surface area contributed by atoms with Gasteiger partial charge >= 0.3 is 0 Å². The molecule has 1 heterocycles. The van der Waals surface area contributed by atoms with E-state index in [1.54, 1.807) is 10.9 Å². The first kappa shape index (κ1) is 17.7. The van der Waals surface area contributed by atoms with Crippen molar-refractivity contribution < 1.29 is 9.90 Å². The van der Waals surface area contributed by atoms with Crippen LogP contribution in [0.15, 0.2) is 36.5 Å². The van der Waals surface area contributed by atoms with Gasteiger partial charge in [-0.05, 0) is 31.6 Å². The lowest BCUT2D eigenvalue weighted by Crippen LogP contribution is -2.28. The number of nitrogens with zero attached hydrogens (tertiary/aromatic N) is 2. The molecule has 2 atom stereocenters. The fourth-order valence-corrected chi connectivity index (χ4v) is 3.73. The fourth-order valence-electron chi connectivity index (χ4n) is 3.73. The van der Waals surface area contributed by atoms with E-state index in [1.807, 2.05) is 37.4 Å². The van der Waals surface area contributed by atoms with Gasteiger partial charge in [0.2, 0.25) is 0 Å². The molecule has 0 spiro atoms. The van der Waals surface area contributed by atoms with E-state index in [0.717, 1.165) is 43.4 Å². The summed E-state index contributed by atoms with van der Waals surface area (Å²) in [5, 5.41) is 17.3. The van der Waals surface area contributed by atoms with Crippen molar-refractivity contribution >= 4 is 5.91 Å². The zero-order chi connectivity index (χ0) is 17.6. The number of carbonyl (C=O) groups excluding carboxylic acids is 1. The summed E-state index contributed by atoms with van der Waals surface area (Å²) < 4.78 is 1.74. The molecule has 1 aliphatic carbocycles. The third kappa shape index (κ3) is 4.28. The summed E-state index contributed by atoms with van der Waals surface area (Å²) in [4.78, 5) is 12.6. The Morgan fingerprint density at radius 3 is 2.80 bits per heavy atom. The molecule has 2 N–H and O–H groups in total. The number of hydrogen-bond donors (Lipinski definition) is 2. The van der Waals surface area contributed by atoms with Crippen molar-refractivity contribution in [2.45, 2.75) is 44.6 Å². The van der Waals surface area contributed by atoms with Gasteiger partial charge in [-0.1, -0.05) is 43.2 Å². The minimum Gasteiger partial charge on any atom is -0.393 e. The third-order valence-electron chi connectivity index (χ3n) is 5.14. The number of benzene rings is 1. The topological polar surface area (TPSA) is 67.2 Å². The van der Waals surface area contributed by atoms with Crippen molar-refractivity contribution in [1.82, 2.24) is 15.1 Å². The molecule has 5 nitrogen and oxygen atoms in total. The normalized spacial score (nSPS) is 20.4. The molecule has 5 heteroatoms. The van der Waals surface area contributed by atoms with Gasteiger partial charge in [-0.3, -0.25) is 9.48 Å². The maximum Gasteiger partial charge on any atom is 0.255 e. The Morgan fingerprint density at radius 1 is 1.28 bits per heavy atom. The van der Waals surface area contributed by atoms with Gasteiger partial charge in [0.25, 0.3) is 5.91 Å². The van der Waals surface area contributed by atoms with Crippen LogP contribution in [-0.2, 0) is 7.05 Å². The van der Waals surface area contributed by atoms with E-state index in [2.05, 4.69) is 10.4 Å². The summed E-state index contributed by atoms with van der Waals surface area (Å²) in [6.07, 6.45) is 7.72. The van der Waals surface area contributed by atoms with Crippen LogP contribution in [0.5, 0.6) is 0 Å². The Labute approximate surface area is 149 Å². The summed E-state index contributed by atoms with van der Waals surface area (Å²) in [7, 11) is 1.85. The average molecular weight is 341 g/mol. The molecule has 1 amide bonds. The molecular formula is C20H27N3O2. The number of aryl methyl sites for hydroxylation is 1. The summed E-state index contributed by atoms with van der Waals surface area (Å²) in [6.45, 7) is 0.630. The van der Waals surface area contributed by atoms with Crippen molar-refractivity contribution in [1.29, 1.82) is 0 Å². The number of carbonyl (C=O) groups is 1. The van der Waals surface area contributed by atoms with E-state index in [1.165, 1.54) is 6.42 Å². The van der Waals surface area contributed by atoms with Gasteiger partial charge < -0.3 is 10.4 Å². The summed E-state index contributed by atoms with van der Waals surface area (Å²) >= 11 is 0. The Bertz CT molecular complexity index is 696. The zero-order valence-corrected chi connectivity index (χ0v) is 14.8. The van der Waals surface area contributed by atoms with Gasteiger partial charge in [0.1, 0.15) is 0 Å². The highest BCUT2D eigenvalue weighted by atomic mass is 16.3. The van der Waals surface area contributed by atoms with E-state index >= 15 is 0 Å². The van der Waals surface area contributed by atoms with Gasteiger partial charge in [0.05, 0.1) is 23.6 Å². The number of hydrogen-bond acceptors (Lipinski definition) is 3. The Hall–Kier alpha value is -2.14. The standard InChI is InChI=1S/C20H27N3O2/c1-23-19(16-9-3-2-4-10-16)17(14-22-23)20(25)21-13-7-11-15-8-5-6-12-18(15)24/h2-4,9-10,14-15,18,24H,5-8,11-13H2,1H3,(H,21,25)/t15-,18-/m0/s1. The first-order valence-corrected chi connectivity index (χ1v) is 9.20. The summed E-state index contributed by atoms with van der Waals surface area (Å²) in [5.41, 5.74) is 2.42. The predicted molar refractivity (Wildman–Crippen MR) is 98.2 cm³/mol. The number of nitrogens with one attached hydrogen (secondary N) is 1. The van der Waals surface area contributed by atoms with Crippen LogP contribution >= 0.6 is 0 Å². The molecule has 134 valence electrons. The lowest BCUT2D eigenvalue weighted by Gasteiger charge is -2.27.